The molecule has 17 heavy (non-hydrogen) atoms. The van der Waals surface area contributed by atoms with Crippen LogP contribution in [0, 0.1) is 5.82 Å². The van der Waals surface area contributed by atoms with Gasteiger partial charge >= 0.3 is 0 Å². The molecular formula is C10H10FN2O3S+. The van der Waals surface area contributed by atoms with Crippen LogP contribution >= 0.6 is 0 Å². The summed E-state index contributed by atoms with van der Waals surface area (Å²) in [6.07, 6.45) is 1.53. The van der Waals surface area contributed by atoms with Crippen molar-refractivity contribution in [3.8, 4) is 0 Å². The van der Waals surface area contributed by atoms with Crippen molar-refractivity contribution in [2.45, 2.75) is 6.54 Å². The Kier molecular flexibility index (Phi) is 3.03. The van der Waals surface area contributed by atoms with E-state index in [0.717, 1.165) is 0 Å². The normalized spacial score (nSPS) is 11.9. The molecule has 2 aromatic rings. The first-order chi connectivity index (χ1) is 7.94. The summed E-state index contributed by atoms with van der Waals surface area (Å²) in [5.41, 5.74) is 0.559. The predicted octanol–water partition coefficient (Wildman–Crippen LogP) is 0.549. The average molecular weight is 257 g/mol. The minimum atomic E-state index is -4.00. The Morgan fingerprint density at radius 1 is 1.35 bits per heavy atom. The number of hydrogen-bond donors (Lipinski definition) is 1. The SMILES string of the molecule is O=S(=O)(O)CC[n+]1ccc2cc(F)ccc2n1. The number of nitrogens with zero attached hydrogens (tertiary/aromatic N) is 2. The maximum absolute atomic E-state index is 12.9. The summed E-state index contributed by atoms with van der Waals surface area (Å²) in [7, 11) is -4.00. The molecule has 90 valence electrons. The van der Waals surface area contributed by atoms with Gasteiger partial charge in [0.25, 0.3) is 10.1 Å². The van der Waals surface area contributed by atoms with E-state index < -0.39 is 15.9 Å². The molecule has 0 bridgehead atoms. The molecule has 0 saturated heterocycles. The Labute approximate surface area is 97.3 Å². The number of aromatic nitrogens is 2. The summed E-state index contributed by atoms with van der Waals surface area (Å²) < 4.78 is 44.0. The van der Waals surface area contributed by atoms with Crippen molar-refractivity contribution in [2.75, 3.05) is 5.75 Å². The van der Waals surface area contributed by atoms with Gasteiger partial charge in [-0.1, -0.05) is 4.68 Å². The smallest absolute Gasteiger partial charge is 0.271 e. The molecule has 0 aliphatic heterocycles. The summed E-state index contributed by atoms with van der Waals surface area (Å²) in [5, 5.41) is 4.73. The van der Waals surface area contributed by atoms with Crippen LogP contribution in [0.2, 0.25) is 0 Å². The van der Waals surface area contributed by atoms with Crippen molar-refractivity contribution < 1.29 is 22.0 Å². The Bertz CT molecular complexity index is 658. The number of aryl methyl sites for hydroxylation is 1. The van der Waals surface area contributed by atoms with E-state index in [9.17, 15) is 12.8 Å². The summed E-state index contributed by atoms with van der Waals surface area (Å²) in [6.45, 7) is 0.0478. The molecule has 5 nitrogen and oxygen atoms in total. The van der Waals surface area contributed by atoms with Crippen molar-refractivity contribution in [3.05, 3.63) is 36.3 Å². The van der Waals surface area contributed by atoms with Gasteiger partial charge in [-0.15, -0.1) is 0 Å². The van der Waals surface area contributed by atoms with E-state index in [1.54, 1.807) is 6.07 Å². The van der Waals surface area contributed by atoms with Crippen LogP contribution in [0.1, 0.15) is 0 Å². The van der Waals surface area contributed by atoms with E-state index in [1.807, 2.05) is 0 Å². The van der Waals surface area contributed by atoms with Gasteiger partial charge in [-0.3, -0.25) is 4.55 Å². The first-order valence-corrected chi connectivity index (χ1v) is 6.46. The molecule has 0 fully saturated rings. The van der Waals surface area contributed by atoms with Crippen molar-refractivity contribution in [1.29, 1.82) is 0 Å². The van der Waals surface area contributed by atoms with E-state index in [2.05, 4.69) is 5.10 Å². The third kappa shape index (κ3) is 3.18. The Balaban J connectivity index is 2.29. The second kappa shape index (κ2) is 4.34. The Morgan fingerprint density at radius 2 is 2.12 bits per heavy atom. The van der Waals surface area contributed by atoms with Crippen molar-refractivity contribution in [1.82, 2.24) is 5.10 Å². The van der Waals surface area contributed by atoms with Crippen LogP contribution in [0.3, 0.4) is 0 Å². The zero-order chi connectivity index (χ0) is 12.5. The minimum absolute atomic E-state index is 0.0478. The molecule has 0 aliphatic rings. The zero-order valence-electron chi connectivity index (χ0n) is 8.75. The topological polar surface area (TPSA) is 71.1 Å². The van der Waals surface area contributed by atoms with Gasteiger partial charge in [0, 0.05) is 16.6 Å². The van der Waals surface area contributed by atoms with E-state index in [4.69, 9.17) is 4.55 Å². The Hall–Kier alpha value is -1.60. The molecule has 1 aromatic heterocycles. The lowest BCUT2D eigenvalue weighted by molar-refractivity contribution is -0.747. The molecule has 1 N–H and O–H groups in total. The van der Waals surface area contributed by atoms with Crippen LogP contribution in [-0.2, 0) is 16.7 Å². The van der Waals surface area contributed by atoms with E-state index in [1.165, 1.54) is 29.1 Å². The molecule has 0 atom stereocenters. The fourth-order valence-electron chi connectivity index (χ4n) is 1.42. The average Bonchev–Trinajstić information content (AvgIpc) is 2.25. The largest absolute Gasteiger partial charge is 0.285 e. The molecule has 2 rings (SSSR count). The van der Waals surface area contributed by atoms with Crippen molar-refractivity contribution in [2.24, 2.45) is 0 Å². The van der Waals surface area contributed by atoms with Gasteiger partial charge in [0.2, 0.25) is 0 Å². The highest BCUT2D eigenvalue weighted by atomic mass is 32.2. The maximum atomic E-state index is 12.9. The first kappa shape index (κ1) is 11.9. The zero-order valence-corrected chi connectivity index (χ0v) is 9.56. The highest BCUT2D eigenvalue weighted by molar-refractivity contribution is 7.85. The van der Waals surface area contributed by atoms with Gasteiger partial charge < -0.3 is 0 Å². The molecule has 1 heterocycles. The standard InChI is InChI=1S/C10H9FN2O3S/c11-9-1-2-10-8(7-9)3-4-13(12-10)5-6-17(14,15)16/h1-4,7H,5-6H2/p+1. The maximum Gasteiger partial charge on any atom is 0.271 e. The summed E-state index contributed by atoms with van der Waals surface area (Å²) in [4.78, 5) is 0. The quantitative estimate of drug-likeness (QED) is 0.644. The molecule has 1 aromatic carbocycles. The van der Waals surface area contributed by atoms with E-state index >= 15 is 0 Å². The summed E-state index contributed by atoms with van der Waals surface area (Å²) in [6, 6.07) is 5.77. The molecule has 0 aliphatic carbocycles. The lowest BCUT2D eigenvalue weighted by atomic mass is 10.2. The lowest BCUT2D eigenvalue weighted by Gasteiger charge is -1.96. The monoisotopic (exact) mass is 257 g/mol. The van der Waals surface area contributed by atoms with Gasteiger partial charge in [0.05, 0.1) is 0 Å². The van der Waals surface area contributed by atoms with Crippen molar-refractivity contribution in [3.63, 3.8) is 0 Å². The van der Waals surface area contributed by atoms with E-state index in [0.29, 0.717) is 10.9 Å². The molecule has 0 radical (unpaired) electrons. The highest BCUT2D eigenvalue weighted by Gasteiger charge is 2.11. The van der Waals surface area contributed by atoms with Gasteiger partial charge in [0.15, 0.2) is 12.7 Å². The van der Waals surface area contributed by atoms with Gasteiger partial charge in [-0.05, 0) is 18.2 Å². The number of halogens is 1. The van der Waals surface area contributed by atoms with Crippen LogP contribution in [0.15, 0.2) is 30.5 Å². The van der Waals surface area contributed by atoms with Crippen LogP contribution < -0.4 is 4.68 Å². The van der Waals surface area contributed by atoms with Crippen LogP contribution in [0.5, 0.6) is 0 Å². The minimum Gasteiger partial charge on any atom is -0.285 e. The third-order valence-corrected chi connectivity index (χ3v) is 2.93. The second-order valence-corrected chi connectivity index (χ2v) is 5.14. The number of fused-ring (bicyclic) bond motifs is 1. The molecule has 0 spiro atoms. The number of rotatable bonds is 3. The van der Waals surface area contributed by atoms with Gasteiger partial charge in [0.1, 0.15) is 17.1 Å². The number of benzene rings is 1. The van der Waals surface area contributed by atoms with E-state index in [-0.39, 0.29) is 12.4 Å². The fraction of sp³-hybridized carbons (Fsp3) is 0.200. The second-order valence-electron chi connectivity index (χ2n) is 3.57. The number of hydrogen-bond acceptors (Lipinski definition) is 3. The van der Waals surface area contributed by atoms with Gasteiger partial charge in [-0.25, -0.2) is 4.39 Å². The third-order valence-electron chi connectivity index (χ3n) is 2.23. The molecule has 0 saturated carbocycles. The van der Waals surface area contributed by atoms with Crippen molar-refractivity contribution >= 4 is 21.0 Å². The highest BCUT2D eigenvalue weighted by Crippen LogP contribution is 2.10. The molecule has 0 unspecified atom stereocenters. The molecule has 7 heteroatoms. The summed E-state index contributed by atoms with van der Waals surface area (Å²) in [5.74, 6) is -0.757. The van der Waals surface area contributed by atoms with Crippen LogP contribution in [-0.4, -0.2) is 23.8 Å². The fourth-order valence-corrected chi connectivity index (χ4v) is 1.84. The predicted molar refractivity (Wildman–Crippen MR) is 58.3 cm³/mol. The lowest BCUT2D eigenvalue weighted by Crippen LogP contribution is -2.40. The van der Waals surface area contributed by atoms with Crippen LogP contribution in [0.4, 0.5) is 4.39 Å². The van der Waals surface area contributed by atoms with Crippen LogP contribution in [0.25, 0.3) is 10.9 Å². The molecular weight excluding hydrogens is 247 g/mol. The first-order valence-electron chi connectivity index (χ1n) is 4.85. The molecule has 0 amide bonds. The van der Waals surface area contributed by atoms with Gasteiger partial charge in [-0.2, -0.15) is 8.42 Å². The Morgan fingerprint density at radius 3 is 2.82 bits per heavy atom. The summed E-state index contributed by atoms with van der Waals surface area (Å²) >= 11 is 0.